The van der Waals surface area contributed by atoms with Gasteiger partial charge in [0.25, 0.3) is 5.89 Å². The largest absolute Gasteiger partial charge is 0.332 e. The molecule has 2 heterocycles. The Morgan fingerprint density at radius 2 is 1.75 bits per heavy atom. The fraction of sp³-hybridized carbons (Fsp3) is 0.100. The van der Waals surface area contributed by atoms with Crippen molar-refractivity contribution in [2.24, 2.45) is 0 Å². The first-order valence-electron chi connectivity index (χ1n) is 8.41. The molecule has 0 radical (unpaired) electrons. The molecule has 2 aromatic heterocycles. The van der Waals surface area contributed by atoms with Gasteiger partial charge in [-0.25, -0.2) is 4.68 Å². The van der Waals surface area contributed by atoms with E-state index in [0.717, 1.165) is 21.0 Å². The third-order valence-electron chi connectivity index (χ3n) is 4.10. The normalized spacial score (nSPS) is 10.9. The Bertz CT molecular complexity index is 1170. The molecule has 28 heavy (non-hydrogen) atoms. The van der Waals surface area contributed by atoms with Crippen LogP contribution in [0.3, 0.4) is 0 Å². The second-order valence-corrected chi connectivity index (χ2v) is 7.59. The van der Waals surface area contributed by atoms with Gasteiger partial charge in [-0.05, 0) is 55.0 Å². The lowest BCUT2D eigenvalue weighted by atomic mass is 10.2. The van der Waals surface area contributed by atoms with Crippen molar-refractivity contribution in [2.45, 2.75) is 9.79 Å². The lowest BCUT2D eigenvalue weighted by molar-refractivity contribution is 0.429. The molecule has 140 valence electrons. The summed E-state index contributed by atoms with van der Waals surface area (Å²) in [6, 6.07) is 17.2. The molecule has 0 atom stereocenters. The quantitative estimate of drug-likeness (QED) is 0.453. The van der Waals surface area contributed by atoms with E-state index in [-0.39, 0.29) is 17.0 Å². The third-order valence-corrected chi connectivity index (χ3v) is 5.57. The predicted octanol–water partition coefficient (Wildman–Crippen LogP) is 4.39. The van der Waals surface area contributed by atoms with E-state index in [1.165, 1.54) is 6.07 Å². The smallest absolute Gasteiger partial charge is 0.282 e. The Hall–Kier alpha value is -2.84. The molecule has 0 saturated carbocycles. The molecule has 0 aliphatic rings. The van der Waals surface area contributed by atoms with Crippen LogP contribution in [0, 0.1) is 0 Å². The molecule has 8 heteroatoms. The van der Waals surface area contributed by atoms with Crippen LogP contribution in [0.5, 0.6) is 0 Å². The minimum absolute atomic E-state index is 0.101. The minimum atomic E-state index is -0.273. The van der Waals surface area contributed by atoms with Gasteiger partial charge in [0.1, 0.15) is 0 Å². The first-order valence-corrected chi connectivity index (χ1v) is 10.9. The van der Waals surface area contributed by atoms with Crippen LogP contribution < -0.4 is 5.43 Å². The van der Waals surface area contributed by atoms with E-state index in [1.807, 2.05) is 61.0 Å². The van der Waals surface area contributed by atoms with Gasteiger partial charge in [-0.1, -0.05) is 11.2 Å². The summed E-state index contributed by atoms with van der Waals surface area (Å²) >= 11 is 3.30. The van der Waals surface area contributed by atoms with Gasteiger partial charge >= 0.3 is 0 Å². The summed E-state index contributed by atoms with van der Waals surface area (Å²) in [7, 11) is 0. The van der Waals surface area contributed by atoms with Gasteiger partial charge in [-0.2, -0.15) is 10.1 Å². The Labute approximate surface area is 170 Å². The van der Waals surface area contributed by atoms with E-state index >= 15 is 0 Å². The van der Waals surface area contributed by atoms with Gasteiger partial charge in [0.15, 0.2) is 5.69 Å². The summed E-state index contributed by atoms with van der Waals surface area (Å²) in [5.74, 6) is 0.521. The molecule has 0 saturated heterocycles. The molecular weight excluding hydrogens is 392 g/mol. The number of thioether (sulfide) groups is 2. The van der Waals surface area contributed by atoms with Crippen molar-refractivity contribution in [3.8, 4) is 28.7 Å². The number of rotatable bonds is 5. The SMILES string of the molecule is CSc1ccc(-c2noc(-c3nn(-c4cccc(SC)c4)ccc3=O)n2)cc1. The highest BCUT2D eigenvalue weighted by atomic mass is 32.2. The van der Waals surface area contributed by atoms with Gasteiger partial charge in [0.2, 0.25) is 11.3 Å². The summed E-state index contributed by atoms with van der Waals surface area (Å²) in [5, 5.41) is 8.42. The highest BCUT2D eigenvalue weighted by Crippen LogP contribution is 2.23. The summed E-state index contributed by atoms with van der Waals surface area (Å²) in [4.78, 5) is 19.0. The van der Waals surface area contributed by atoms with E-state index in [1.54, 1.807) is 34.4 Å². The lowest BCUT2D eigenvalue weighted by Crippen LogP contribution is -2.12. The van der Waals surface area contributed by atoms with Gasteiger partial charge < -0.3 is 4.52 Å². The first-order chi connectivity index (χ1) is 13.7. The van der Waals surface area contributed by atoms with Crippen LogP contribution in [0.2, 0.25) is 0 Å². The van der Waals surface area contributed by atoms with Gasteiger partial charge in [0, 0.05) is 27.6 Å². The molecule has 0 amide bonds. The van der Waals surface area contributed by atoms with Gasteiger partial charge in [-0.15, -0.1) is 23.5 Å². The van der Waals surface area contributed by atoms with E-state index in [9.17, 15) is 4.79 Å². The Morgan fingerprint density at radius 3 is 2.50 bits per heavy atom. The van der Waals surface area contributed by atoms with Gasteiger partial charge in [0.05, 0.1) is 5.69 Å². The second-order valence-electron chi connectivity index (χ2n) is 5.83. The van der Waals surface area contributed by atoms with E-state index < -0.39 is 0 Å². The highest BCUT2D eigenvalue weighted by Gasteiger charge is 2.16. The summed E-state index contributed by atoms with van der Waals surface area (Å²) in [5.41, 5.74) is 1.51. The van der Waals surface area contributed by atoms with Crippen molar-refractivity contribution < 1.29 is 4.52 Å². The summed E-state index contributed by atoms with van der Waals surface area (Å²) in [6.45, 7) is 0. The zero-order valence-corrected chi connectivity index (χ0v) is 16.8. The van der Waals surface area contributed by atoms with Crippen LogP contribution in [0.4, 0.5) is 0 Å². The fourth-order valence-electron chi connectivity index (χ4n) is 2.63. The molecule has 2 aromatic carbocycles. The molecular formula is C20H16N4O2S2. The molecule has 4 rings (SSSR count). The van der Waals surface area contributed by atoms with Crippen molar-refractivity contribution in [3.63, 3.8) is 0 Å². The highest BCUT2D eigenvalue weighted by molar-refractivity contribution is 7.98. The third kappa shape index (κ3) is 3.74. The molecule has 0 N–H and O–H groups in total. The van der Waals surface area contributed by atoms with Crippen molar-refractivity contribution in [1.29, 1.82) is 0 Å². The number of hydrogen-bond donors (Lipinski definition) is 0. The lowest BCUT2D eigenvalue weighted by Gasteiger charge is -2.07. The maximum absolute atomic E-state index is 12.3. The van der Waals surface area contributed by atoms with Crippen LogP contribution >= 0.6 is 23.5 Å². The predicted molar refractivity (Wildman–Crippen MR) is 112 cm³/mol. The first kappa shape index (κ1) is 18.5. The zero-order valence-electron chi connectivity index (χ0n) is 15.2. The molecule has 0 unspecified atom stereocenters. The Kier molecular flexibility index (Phi) is 5.31. The minimum Gasteiger partial charge on any atom is -0.332 e. The zero-order chi connectivity index (χ0) is 19.5. The number of hydrogen-bond acceptors (Lipinski definition) is 7. The van der Waals surface area contributed by atoms with Crippen molar-refractivity contribution >= 4 is 23.5 Å². The standard InChI is InChI=1S/C20H16N4O2S2/c1-27-15-8-6-13(7-9-15)19-21-20(26-23-19)18-17(25)10-11-24(22-18)14-4-3-5-16(12-14)28-2/h3-12H,1-2H3. The maximum Gasteiger partial charge on any atom is 0.282 e. The second kappa shape index (κ2) is 8.04. The van der Waals surface area contributed by atoms with Crippen LogP contribution in [0.15, 0.2) is 79.9 Å². The average Bonchev–Trinajstić information content (AvgIpc) is 3.24. The fourth-order valence-corrected chi connectivity index (χ4v) is 3.49. The molecule has 4 aromatic rings. The summed E-state index contributed by atoms with van der Waals surface area (Å²) < 4.78 is 6.96. The monoisotopic (exact) mass is 408 g/mol. The van der Waals surface area contributed by atoms with Crippen molar-refractivity contribution in [2.75, 3.05) is 12.5 Å². The molecule has 0 fully saturated rings. The molecule has 0 aliphatic carbocycles. The molecule has 0 spiro atoms. The van der Waals surface area contributed by atoms with Crippen molar-refractivity contribution in [3.05, 3.63) is 71.0 Å². The molecule has 0 bridgehead atoms. The Balaban J connectivity index is 1.71. The topological polar surface area (TPSA) is 73.8 Å². The summed E-state index contributed by atoms with van der Waals surface area (Å²) in [6.07, 6.45) is 5.65. The van der Waals surface area contributed by atoms with Gasteiger partial charge in [-0.3, -0.25) is 4.79 Å². The van der Waals surface area contributed by atoms with Crippen LogP contribution in [0.25, 0.3) is 28.7 Å². The van der Waals surface area contributed by atoms with Crippen LogP contribution in [-0.4, -0.2) is 32.4 Å². The molecule has 0 aliphatic heterocycles. The molecule has 6 nitrogen and oxygen atoms in total. The van der Waals surface area contributed by atoms with E-state index in [4.69, 9.17) is 4.52 Å². The van der Waals surface area contributed by atoms with E-state index in [0.29, 0.717) is 5.82 Å². The number of aromatic nitrogens is 4. The Morgan fingerprint density at radius 1 is 0.964 bits per heavy atom. The van der Waals surface area contributed by atoms with E-state index in [2.05, 4.69) is 15.2 Å². The average molecular weight is 409 g/mol. The number of nitrogens with zero attached hydrogens (tertiary/aromatic N) is 4. The van der Waals surface area contributed by atoms with Crippen LogP contribution in [0.1, 0.15) is 0 Å². The van der Waals surface area contributed by atoms with Crippen molar-refractivity contribution in [1.82, 2.24) is 19.9 Å². The number of benzene rings is 2. The van der Waals surface area contributed by atoms with Crippen LogP contribution in [-0.2, 0) is 0 Å². The maximum atomic E-state index is 12.3.